The third-order valence-electron chi connectivity index (χ3n) is 3.62. The number of aromatic nitrogens is 1. The van der Waals surface area contributed by atoms with Crippen LogP contribution in [-0.4, -0.2) is 10.9 Å². The first-order chi connectivity index (χ1) is 11.0. The fraction of sp³-hybridized carbons (Fsp3) is 0.111. The van der Waals surface area contributed by atoms with E-state index in [1.807, 2.05) is 43.3 Å². The number of benzene rings is 2. The molecule has 1 atom stereocenters. The van der Waals surface area contributed by atoms with Crippen molar-refractivity contribution in [2.75, 3.05) is 0 Å². The Morgan fingerprint density at radius 1 is 1.04 bits per heavy atom. The van der Waals surface area contributed by atoms with Crippen LogP contribution in [0, 0.1) is 0 Å². The molecule has 23 heavy (non-hydrogen) atoms. The average molecular weight is 345 g/mol. The van der Waals surface area contributed by atoms with Gasteiger partial charge in [0, 0.05) is 5.39 Å². The molecule has 1 amide bonds. The maximum absolute atomic E-state index is 12.4. The van der Waals surface area contributed by atoms with Gasteiger partial charge in [0.05, 0.1) is 21.6 Å². The van der Waals surface area contributed by atoms with Crippen molar-refractivity contribution in [2.45, 2.75) is 13.0 Å². The molecule has 0 aliphatic carbocycles. The van der Waals surface area contributed by atoms with E-state index in [1.165, 1.54) is 0 Å². The molecule has 0 fully saturated rings. The lowest BCUT2D eigenvalue weighted by atomic mass is 10.1. The number of halogens is 2. The van der Waals surface area contributed by atoms with Gasteiger partial charge in [-0.25, -0.2) is 4.98 Å². The molecule has 1 unspecified atom stereocenters. The zero-order valence-electron chi connectivity index (χ0n) is 12.4. The molecule has 0 aliphatic rings. The Kier molecular flexibility index (Phi) is 4.51. The second kappa shape index (κ2) is 6.57. The monoisotopic (exact) mass is 344 g/mol. The third kappa shape index (κ3) is 3.46. The van der Waals surface area contributed by atoms with E-state index in [9.17, 15) is 4.79 Å². The Bertz CT molecular complexity index is 880. The molecule has 3 nitrogen and oxygen atoms in total. The molecule has 3 rings (SSSR count). The van der Waals surface area contributed by atoms with Crippen molar-refractivity contribution in [1.29, 1.82) is 0 Å². The minimum atomic E-state index is -0.227. The number of para-hydroxylation sites is 1. The summed E-state index contributed by atoms with van der Waals surface area (Å²) in [5, 5.41) is 4.88. The number of hydrogen-bond donors (Lipinski definition) is 1. The van der Waals surface area contributed by atoms with Gasteiger partial charge in [-0.3, -0.25) is 4.79 Å². The highest BCUT2D eigenvalue weighted by molar-refractivity contribution is 6.42. The fourth-order valence-corrected chi connectivity index (χ4v) is 2.63. The molecule has 116 valence electrons. The highest BCUT2D eigenvalue weighted by Crippen LogP contribution is 2.25. The van der Waals surface area contributed by atoms with Gasteiger partial charge >= 0.3 is 0 Å². The van der Waals surface area contributed by atoms with E-state index in [0.717, 1.165) is 16.5 Å². The van der Waals surface area contributed by atoms with Gasteiger partial charge in [0.2, 0.25) is 0 Å². The molecular weight excluding hydrogens is 331 g/mol. The summed E-state index contributed by atoms with van der Waals surface area (Å²) in [7, 11) is 0. The molecule has 1 aromatic heterocycles. The Labute approximate surface area is 144 Å². The molecule has 0 saturated carbocycles. The second-order valence-corrected chi connectivity index (χ2v) is 6.07. The first-order valence-corrected chi connectivity index (χ1v) is 7.92. The number of rotatable bonds is 3. The van der Waals surface area contributed by atoms with Crippen LogP contribution in [-0.2, 0) is 0 Å². The lowest BCUT2D eigenvalue weighted by Gasteiger charge is -2.15. The third-order valence-corrected chi connectivity index (χ3v) is 4.36. The Morgan fingerprint density at radius 2 is 1.83 bits per heavy atom. The number of carbonyl (C=O) groups is 1. The molecule has 5 heteroatoms. The lowest BCUT2D eigenvalue weighted by Crippen LogP contribution is -2.27. The van der Waals surface area contributed by atoms with E-state index < -0.39 is 0 Å². The van der Waals surface area contributed by atoms with Crippen LogP contribution in [0.25, 0.3) is 10.9 Å². The number of nitrogens with zero attached hydrogens (tertiary/aromatic N) is 1. The molecule has 0 bridgehead atoms. The summed E-state index contributed by atoms with van der Waals surface area (Å²) in [5.41, 5.74) is 2.06. The van der Waals surface area contributed by atoms with Crippen LogP contribution in [0.1, 0.15) is 29.0 Å². The van der Waals surface area contributed by atoms with Crippen LogP contribution in [0.5, 0.6) is 0 Å². The fourth-order valence-electron chi connectivity index (χ4n) is 2.33. The summed E-state index contributed by atoms with van der Waals surface area (Å²) in [6.45, 7) is 1.89. The summed E-state index contributed by atoms with van der Waals surface area (Å²) >= 11 is 11.9. The van der Waals surface area contributed by atoms with Crippen molar-refractivity contribution >= 4 is 40.0 Å². The molecule has 2 aromatic carbocycles. The first kappa shape index (κ1) is 15.8. The zero-order valence-corrected chi connectivity index (χ0v) is 13.9. The van der Waals surface area contributed by atoms with Gasteiger partial charge in [-0.2, -0.15) is 0 Å². The predicted octanol–water partition coefficient (Wildman–Crippen LogP) is 5.03. The van der Waals surface area contributed by atoms with E-state index >= 15 is 0 Å². The van der Waals surface area contributed by atoms with Gasteiger partial charge in [-0.1, -0.05) is 53.5 Å². The van der Waals surface area contributed by atoms with Crippen molar-refractivity contribution in [2.24, 2.45) is 0 Å². The van der Waals surface area contributed by atoms with Crippen molar-refractivity contribution in [3.8, 4) is 0 Å². The Morgan fingerprint density at radius 3 is 2.61 bits per heavy atom. The summed E-state index contributed by atoms with van der Waals surface area (Å²) in [6.07, 6.45) is 0. The number of pyridine rings is 1. The second-order valence-electron chi connectivity index (χ2n) is 5.26. The quantitative estimate of drug-likeness (QED) is 0.723. The van der Waals surface area contributed by atoms with Crippen LogP contribution >= 0.6 is 23.2 Å². The molecule has 0 radical (unpaired) electrons. The van der Waals surface area contributed by atoms with Crippen LogP contribution in [0.15, 0.2) is 54.6 Å². The van der Waals surface area contributed by atoms with Crippen molar-refractivity contribution in [3.05, 3.63) is 75.9 Å². The number of hydrogen-bond acceptors (Lipinski definition) is 2. The van der Waals surface area contributed by atoms with Gasteiger partial charge in [0.25, 0.3) is 5.91 Å². The molecule has 0 saturated heterocycles. The van der Waals surface area contributed by atoms with E-state index in [-0.39, 0.29) is 11.9 Å². The van der Waals surface area contributed by atoms with Gasteiger partial charge < -0.3 is 5.32 Å². The van der Waals surface area contributed by atoms with E-state index in [2.05, 4.69) is 10.3 Å². The number of carbonyl (C=O) groups excluding carboxylic acids is 1. The van der Waals surface area contributed by atoms with Crippen LogP contribution in [0.3, 0.4) is 0 Å². The maximum Gasteiger partial charge on any atom is 0.270 e. The van der Waals surface area contributed by atoms with Gasteiger partial charge in [-0.05, 0) is 36.8 Å². The first-order valence-electron chi connectivity index (χ1n) is 7.16. The predicted molar refractivity (Wildman–Crippen MR) is 94.1 cm³/mol. The van der Waals surface area contributed by atoms with Crippen LogP contribution < -0.4 is 5.32 Å². The summed E-state index contributed by atoms with van der Waals surface area (Å²) in [5.74, 6) is -0.227. The number of amides is 1. The van der Waals surface area contributed by atoms with Gasteiger partial charge in [0.1, 0.15) is 5.69 Å². The molecule has 1 N–H and O–H groups in total. The largest absolute Gasteiger partial charge is 0.344 e. The summed E-state index contributed by atoms with van der Waals surface area (Å²) in [4.78, 5) is 16.8. The smallest absolute Gasteiger partial charge is 0.270 e. The van der Waals surface area contributed by atoms with Crippen molar-refractivity contribution in [3.63, 3.8) is 0 Å². The van der Waals surface area contributed by atoms with Gasteiger partial charge in [-0.15, -0.1) is 0 Å². The van der Waals surface area contributed by atoms with Crippen molar-refractivity contribution < 1.29 is 4.79 Å². The SMILES string of the molecule is CC(NC(=O)c1ccc2ccccc2n1)c1ccc(Cl)c(Cl)c1. The highest BCUT2D eigenvalue weighted by Gasteiger charge is 2.14. The molecule has 0 aliphatic heterocycles. The summed E-state index contributed by atoms with van der Waals surface area (Å²) in [6, 6.07) is 16.4. The Hall–Kier alpha value is -2.10. The standard InChI is InChI=1S/C18H14Cl2N2O/c1-11(13-6-8-14(19)15(20)10-13)21-18(23)17-9-7-12-4-2-3-5-16(12)22-17/h2-11H,1H3,(H,21,23). The zero-order chi connectivity index (χ0) is 16.4. The van der Waals surface area contributed by atoms with E-state index in [0.29, 0.717) is 15.7 Å². The highest BCUT2D eigenvalue weighted by atomic mass is 35.5. The maximum atomic E-state index is 12.4. The average Bonchev–Trinajstić information content (AvgIpc) is 2.56. The van der Waals surface area contributed by atoms with E-state index in [4.69, 9.17) is 23.2 Å². The van der Waals surface area contributed by atoms with Crippen LogP contribution in [0.4, 0.5) is 0 Å². The molecule has 3 aromatic rings. The molecular formula is C18H14Cl2N2O. The van der Waals surface area contributed by atoms with Crippen molar-refractivity contribution in [1.82, 2.24) is 10.3 Å². The lowest BCUT2D eigenvalue weighted by molar-refractivity contribution is 0.0935. The minimum Gasteiger partial charge on any atom is -0.344 e. The molecule has 1 heterocycles. The van der Waals surface area contributed by atoms with Crippen LogP contribution in [0.2, 0.25) is 10.0 Å². The van der Waals surface area contributed by atoms with E-state index in [1.54, 1.807) is 18.2 Å². The molecule has 0 spiro atoms. The summed E-state index contributed by atoms with van der Waals surface area (Å²) < 4.78 is 0. The normalized spacial score (nSPS) is 12.1. The number of fused-ring (bicyclic) bond motifs is 1. The number of nitrogens with one attached hydrogen (secondary N) is 1. The Balaban J connectivity index is 1.80. The topological polar surface area (TPSA) is 42.0 Å². The van der Waals surface area contributed by atoms with Gasteiger partial charge in [0.15, 0.2) is 0 Å². The minimum absolute atomic E-state index is 0.203.